The van der Waals surface area contributed by atoms with Gasteiger partial charge in [0.05, 0.1) is 0 Å². The fourth-order valence-corrected chi connectivity index (χ4v) is 1.72. The fraction of sp³-hybridized carbons (Fsp3) is 0. The maximum atomic E-state index is 10.7. The number of sulfonamides is 1. The summed E-state index contributed by atoms with van der Waals surface area (Å²) in [6, 6.07) is 0. The molecule has 2 heterocycles. The Labute approximate surface area is 70.8 Å². The molecule has 7 nitrogen and oxygen atoms in total. The Morgan fingerprint density at radius 1 is 1.50 bits per heavy atom. The summed E-state index contributed by atoms with van der Waals surface area (Å²) < 4.78 is 25.0. The van der Waals surface area contributed by atoms with Crippen molar-refractivity contribution >= 4 is 32.0 Å². The molecule has 0 bridgehead atoms. The van der Waals surface area contributed by atoms with Crippen LogP contribution in [-0.2, 0) is 10.0 Å². The Morgan fingerprint density at radius 3 is 2.83 bits per heavy atom. The Bertz CT molecular complexity index is 481. The van der Waals surface area contributed by atoms with E-state index in [-0.39, 0.29) is 5.16 Å². The van der Waals surface area contributed by atoms with Gasteiger partial charge in [0, 0.05) is 11.5 Å². The molecule has 0 aromatic carbocycles. The number of imidazole rings is 1. The molecular formula is C3H3N5O2S2. The van der Waals surface area contributed by atoms with Crippen LogP contribution in [-0.4, -0.2) is 28.0 Å². The van der Waals surface area contributed by atoms with Crippen molar-refractivity contribution in [2.24, 2.45) is 5.14 Å². The van der Waals surface area contributed by atoms with Crippen molar-refractivity contribution in [3.8, 4) is 0 Å². The van der Waals surface area contributed by atoms with Crippen molar-refractivity contribution in [3.63, 3.8) is 0 Å². The van der Waals surface area contributed by atoms with Gasteiger partial charge >= 0.3 is 0 Å². The maximum Gasteiger partial charge on any atom is 0.271 e. The van der Waals surface area contributed by atoms with Gasteiger partial charge in [0.15, 0.2) is 10.5 Å². The minimum absolute atomic E-state index is 0.279. The Hall–Kier alpha value is -1.06. The molecule has 0 aliphatic carbocycles. The van der Waals surface area contributed by atoms with E-state index in [0.717, 1.165) is 11.5 Å². The van der Waals surface area contributed by atoms with E-state index in [1.54, 1.807) is 0 Å². The van der Waals surface area contributed by atoms with Crippen LogP contribution in [0.1, 0.15) is 0 Å². The van der Waals surface area contributed by atoms with E-state index in [1.165, 1.54) is 0 Å². The standard InChI is InChI=1S/C3H3N5O2S2/c4-12(9,10)3-5-1-2(6-3)11-8-7-1/h(H,5,6)(H2,4,9,10). The number of nitrogens with zero attached hydrogens (tertiary/aromatic N) is 3. The molecule has 0 unspecified atom stereocenters. The van der Waals surface area contributed by atoms with Crippen molar-refractivity contribution in [3.05, 3.63) is 0 Å². The maximum absolute atomic E-state index is 10.7. The molecule has 2 aromatic heterocycles. The van der Waals surface area contributed by atoms with E-state index in [2.05, 4.69) is 19.6 Å². The number of primary sulfonamides is 1. The van der Waals surface area contributed by atoms with Crippen LogP contribution in [0.5, 0.6) is 0 Å². The van der Waals surface area contributed by atoms with E-state index in [0.29, 0.717) is 10.5 Å². The van der Waals surface area contributed by atoms with Gasteiger partial charge in [0.1, 0.15) is 0 Å². The molecular weight excluding hydrogens is 202 g/mol. The predicted molar refractivity (Wildman–Crippen MR) is 40.9 cm³/mol. The van der Waals surface area contributed by atoms with Crippen LogP contribution in [0.3, 0.4) is 0 Å². The molecule has 3 N–H and O–H groups in total. The van der Waals surface area contributed by atoms with Gasteiger partial charge in [-0.05, 0) is 0 Å². The van der Waals surface area contributed by atoms with Gasteiger partial charge in [-0.15, -0.1) is 5.10 Å². The third-order valence-electron chi connectivity index (χ3n) is 1.17. The lowest BCUT2D eigenvalue weighted by Crippen LogP contribution is -2.13. The van der Waals surface area contributed by atoms with E-state index in [4.69, 9.17) is 5.14 Å². The number of nitrogens with two attached hydrogens (primary N) is 1. The van der Waals surface area contributed by atoms with Gasteiger partial charge in [0.25, 0.3) is 10.0 Å². The highest BCUT2D eigenvalue weighted by atomic mass is 32.2. The normalized spacial score (nSPS) is 12.4. The van der Waals surface area contributed by atoms with Crippen molar-refractivity contribution in [1.29, 1.82) is 0 Å². The molecule has 0 saturated carbocycles. The second-order valence-electron chi connectivity index (χ2n) is 2.01. The lowest BCUT2D eigenvalue weighted by atomic mass is 10.9. The highest BCUT2D eigenvalue weighted by Gasteiger charge is 2.15. The number of rotatable bonds is 1. The highest BCUT2D eigenvalue weighted by molar-refractivity contribution is 7.89. The summed E-state index contributed by atoms with van der Waals surface area (Å²) in [4.78, 5) is 6.53. The van der Waals surface area contributed by atoms with Crippen molar-refractivity contribution in [2.45, 2.75) is 5.16 Å². The molecule has 0 atom stereocenters. The Kier molecular flexibility index (Phi) is 1.40. The zero-order valence-electron chi connectivity index (χ0n) is 5.55. The quantitative estimate of drug-likeness (QED) is 0.623. The molecule has 0 saturated heterocycles. The zero-order valence-corrected chi connectivity index (χ0v) is 7.18. The topological polar surface area (TPSA) is 115 Å². The second-order valence-corrected chi connectivity index (χ2v) is 4.22. The summed E-state index contributed by atoms with van der Waals surface area (Å²) in [6.07, 6.45) is 0. The van der Waals surface area contributed by atoms with Gasteiger partial charge in [-0.3, -0.25) is 0 Å². The largest absolute Gasteiger partial charge is 0.310 e. The lowest BCUT2D eigenvalue weighted by molar-refractivity contribution is 0.591. The van der Waals surface area contributed by atoms with E-state index < -0.39 is 10.0 Å². The third kappa shape index (κ3) is 1.07. The molecule has 0 spiro atoms. The van der Waals surface area contributed by atoms with Crippen LogP contribution in [0.15, 0.2) is 5.16 Å². The first-order valence-electron chi connectivity index (χ1n) is 2.78. The average molecular weight is 205 g/mol. The molecule has 0 fully saturated rings. The van der Waals surface area contributed by atoms with E-state index >= 15 is 0 Å². The van der Waals surface area contributed by atoms with Gasteiger partial charge in [0.2, 0.25) is 5.16 Å². The molecule has 2 aromatic rings. The average Bonchev–Trinajstić information content (AvgIpc) is 2.37. The Balaban J connectivity index is 2.75. The minimum Gasteiger partial charge on any atom is -0.310 e. The molecule has 0 aliphatic heterocycles. The summed E-state index contributed by atoms with van der Waals surface area (Å²) in [5.41, 5.74) is 0.337. The number of hydrogen-bond acceptors (Lipinski definition) is 6. The van der Waals surface area contributed by atoms with Crippen molar-refractivity contribution in [2.75, 3.05) is 0 Å². The smallest absolute Gasteiger partial charge is 0.271 e. The first-order chi connectivity index (χ1) is 5.57. The highest BCUT2D eigenvalue weighted by Crippen LogP contribution is 2.13. The molecule has 0 amide bonds. The van der Waals surface area contributed by atoms with Gasteiger partial charge in [-0.1, -0.05) is 4.49 Å². The number of aromatic amines is 1. The SMILES string of the molecule is NS(=O)(=O)c1nc2snnc2[nH]1. The van der Waals surface area contributed by atoms with Crippen LogP contribution in [0.25, 0.3) is 10.5 Å². The van der Waals surface area contributed by atoms with E-state index in [9.17, 15) is 8.42 Å². The van der Waals surface area contributed by atoms with Crippen LogP contribution in [0.4, 0.5) is 0 Å². The minimum atomic E-state index is -3.76. The lowest BCUT2D eigenvalue weighted by Gasteiger charge is -1.86. The number of H-pyrrole nitrogens is 1. The molecule has 0 radical (unpaired) electrons. The molecule has 64 valence electrons. The van der Waals surface area contributed by atoms with Gasteiger partial charge in [-0.2, -0.15) is 0 Å². The summed E-state index contributed by atoms with van der Waals surface area (Å²) >= 11 is 1.00. The second kappa shape index (κ2) is 2.21. The molecule has 0 aliphatic rings. The number of fused-ring (bicyclic) bond motifs is 1. The van der Waals surface area contributed by atoms with Gasteiger partial charge in [-0.25, -0.2) is 18.5 Å². The van der Waals surface area contributed by atoms with Crippen LogP contribution in [0.2, 0.25) is 0 Å². The number of hydrogen-bond donors (Lipinski definition) is 2. The van der Waals surface area contributed by atoms with Crippen LogP contribution in [0, 0.1) is 0 Å². The summed E-state index contributed by atoms with van der Waals surface area (Å²) in [7, 11) is -3.76. The molecule has 12 heavy (non-hydrogen) atoms. The monoisotopic (exact) mass is 205 g/mol. The number of nitrogens with one attached hydrogen (secondary N) is 1. The van der Waals surface area contributed by atoms with Crippen LogP contribution < -0.4 is 5.14 Å². The fourth-order valence-electron chi connectivity index (χ4n) is 0.694. The molecule has 9 heteroatoms. The molecule has 2 rings (SSSR count). The van der Waals surface area contributed by atoms with Gasteiger partial charge < -0.3 is 4.98 Å². The first-order valence-corrected chi connectivity index (χ1v) is 5.10. The zero-order chi connectivity index (χ0) is 8.77. The number of aromatic nitrogens is 4. The summed E-state index contributed by atoms with van der Waals surface area (Å²) in [6.45, 7) is 0. The van der Waals surface area contributed by atoms with E-state index in [1.807, 2.05) is 0 Å². The van der Waals surface area contributed by atoms with Crippen molar-refractivity contribution < 1.29 is 8.42 Å². The third-order valence-corrected chi connectivity index (χ3v) is 2.52. The Morgan fingerprint density at radius 2 is 2.25 bits per heavy atom. The predicted octanol–water partition coefficient (Wildman–Crippen LogP) is -0.938. The summed E-state index contributed by atoms with van der Waals surface area (Å²) in [5.74, 6) is 0. The first kappa shape index (κ1) is 7.58. The van der Waals surface area contributed by atoms with Crippen molar-refractivity contribution in [1.82, 2.24) is 19.6 Å². The summed E-state index contributed by atoms with van der Waals surface area (Å²) in [5, 5.41) is 8.12. The van der Waals surface area contributed by atoms with Crippen LogP contribution >= 0.6 is 11.5 Å².